The minimum Gasteiger partial charge on any atom is -0.508 e. The predicted octanol–water partition coefficient (Wildman–Crippen LogP) is -3.78. The molecular formula is C48H64O27. The molecule has 0 radical (unpaired) electrons. The Labute approximate surface area is 428 Å². The van der Waals surface area contributed by atoms with E-state index in [1.165, 1.54) is 38.1 Å². The summed E-state index contributed by atoms with van der Waals surface area (Å²) < 4.78 is 66.6. The molecule has 1 aromatic rings. The van der Waals surface area contributed by atoms with E-state index in [1.807, 2.05) is 0 Å². The first-order valence-electron chi connectivity index (χ1n) is 23.7. The van der Waals surface area contributed by atoms with E-state index < -0.39 is 173 Å². The van der Waals surface area contributed by atoms with Crippen molar-refractivity contribution in [1.29, 1.82) is 0 Å². The molecule has 5 aliphatic heterocycles. The summed E-state index contributed by atoms with van der Waals surface area (Å²) in [6.45, 7) is 0.528. The number of aliphatic hydroxyl groups is 10. The number of hydrogen-bond acceptors (Lipinski definition) is 27. The summed E-state index contributed by atoms with van der Waals surface area (Å²) in [6, 6.07) is 6.11. The van der Waals surface area contributed by atoms with Gasteiger partial charge in [0.1, 0.15) is 79.5 Å². The van der Waals surface area contributed by atoms with E-state index in [0.29, 0.717) is 5.56 Å². The number of hydrogen-bond donors (Lipinski definition) is 11. The maximum absolute atomic E-state index is 14.0. The maximum atomic E-state index is 14.0. The highest BCUT2D eigenvalue weighted by molar-refractivity contribution is 5.91. The van der Waals surface area contributed by atoms with Crippen molar-refractivity contribution in [2.45, 2.75) is 138 Å². The number of methoxy groups -OCH3 is 2. The quantitative estimate of drug-likeness (QED) is 0.0360. The third-order valence-corrected chi connectivity index (χ3v) is 13.1. The number of aliphatic hydroxyl groups excluding tert-OH is 10. The number of carbonyl (C=O) groups is 4. The van der Waals surface area contributed by atoms with Gasteiger partial charge in [-0.25, -0.2) is 9.59 Å². The van der Waals surface area contributed by atoms with Crippen LogP contribution in [0.3, 0.4) is 0 Å². The molecule has 6 rings (SSSR count). The Bertz CT molecular complexity index is 2230. The Kier molecular flexibility index (Phi) is 21.1. The standard InChI is InChI=1S/C48H64O27/c1-5-22-24(26(42(62)64-3)17-68-44(22)74-47-38(59)36(57)33(54)28(15-49)70-47)13-31(52)67-19-30-35(56)41(40(61)46(72-30)66-12-11-20-7-9-21(51)10-8-20)73-32(53)14-25-23(6-2)45(69-18-27(25)43(63)65-4)75-48-39(60)37(58)34(55)29(16-50)71-48/h5-10,17-18,24-25,28-30,33-41,44-51,54-61H,11-16,19H2,1-4H3/b22-5+,23-6+/t24-,25-,28+,29+,30+,33+,34+,35+,36-,37-,38+,39+,40+,41-,44-,45-,46+,47-,48-/m0/s1. The Morgan fingerprint density at radius 1 is 0.587 bits per heavy atom. The molecule has 0 spiro atoms. The van der Waals surface area contributed by atoms with Crippen molar-refractivity contribution in [2.24, 2.45) is 11.8 Å². The number of carbonyl (C=O) groups excluding carboxylic acids is 4. The van der Waals surface area contributed by atoms with E-state index in [4.69, 9.17) is 56.8 Å². The summed E-state index contributed by atoms with van der Waals surface area (Å²) >= 11 is 0. The molecule has 27 nitrogen and oxygen atoms in total. The fourth-order valence-corrected chi connectivity index (χ4v) is 8.89. The SMILES string of the molecule is C/C=C1/[C@H](O[C@@H]2O[C@H](CO)[C@@H](O)[C@H](O)[C@H]2O)OC=C(C(=O)OC)[C@H]1CC(=O)OC[C@H]1O[C@@H](OCCc2ccc(O)cc2)[C@H](O)[C@@H](OC(=O)C[C@@H]2C(C(=O)OC)=CO[C@@H](O[C@@H]3O[C@H](CO)[C@@H](O)[C@H](O)[C@H]3O)/C2=C/C)[C@@H]1O. The van der Waals surface area contributed by atoms with E-state index in [-0.39, 0.29) is 41.1 Å². The third-order valence-electron chi connectivity index (χ3n) is 13.1. The van der Waals surface area contributed by atoms with Gasteiger partial charge < -0.3 is 113 Å². The molecular weight excluding hydrogens is 1010 g/mol. The lowest BCUT2D eigenvalue weighted by molar-refractivity contribution is -0.328. The molecule has 3 saturated heterocycles. The van der Waals surface area contributed by atoms with Gasteiger partial charge >= 0.3 is 23.9 Å². The van der Waals surface area contributed by atoms with Crippen LogP contribution in [0.25, 0.3) is 0 Å². The lowest BCUT2D eigenvalue weighted by Crippen LogP contribution is -2.61. The first kappa shape index (κ1) is 59.1. The number of aromatic hydroxyl groups is 1. The van der Waals surface area contributed by atoms with Crippen molar-refractivity contribution in [3.05, 3.63) is 76.8 Å². The zero-order valence-electron chi connectivity index (χ0n) is 41.0. The fraction of sp³-hybridized carbons (Fsp3) is 0.625. The van der Waals surface area contributed by atoms with E-state index in [1.54, 1.807) is 12.1 Å². The number of rotatable bonds is 19. The third kappa shape index (κ3) is 13.7. The normalized spacial score (nSPS) is 37.1. The minimum atomic E-state index is -1.96. The van der Waals surface area contributed by atoms with Crippen LogP contribution in [0, 0.1) is 11.8 Å². The molecule has 3 fully saturated rings. The molecule has 27 heteroatoms. The number of allylic oxidation sites excluding steroid dienone is 2. The van der Waals surface area contributed by atoms with Gasteiger partial charge in [-0.3, -0.25) is 9.59 Å². The summed E-state index contributed by atoms with van der Waals surface area (Å²) in [5.41, 5.74) is 0.432. The smallest absolute Gasteiger partial charge is 0.337 e. The van der Waals surface area contributed by atoms with Crippen LogP contribution in [-0.4, -0.2) is 225 Å². The molecule has 0 aliphatic carbocycles. The summed E-state index contributed by atoms with van der Waals surface area (Å²) in [6.07, 6.45) is -25.4. The number of ether oxygens (including phenoxy) is 12. The number of esters is 4. The molecule has 0 saturated carbocycles. The fourth-order valence-electron chi connectivity index (χ4n) is 8.89. The molecule has 1 aromatic carbocycles. The second-order valence-corrected chi connectivity index (χ2v) is 17.8. The lowest BCUT2D eigenvalue weighted by atomic mass is 9.86. The molecule has 19 atom stereocenters. The average Bonchev–Trinajstić information content (AvgIpc) is 3.40. The van der Waals surface area contributed by atoms with Gasteiger partial charge in [-0.15, -0.1) is 0 Å². The molecule has 0 unspecified atom stereocenters. The van der Waals surface area contributed by atoms with Crippen molar-refractivity contribution in [3.8, 4) is 5.75 Å². The van der Waals surface area contributed by atoms with E-state index in [9.17, 15) is 75.3 Å². The lowest BCUT2D eigenvalue weighted by Gasteiger charge is -2.42. The molecule has 0 bridgehead atoms. The maximum Gasteiger partial charge on any atom is 0.337 e. The Morgan fingerprint density at radius 2 is 1.05 bits per heavy atom. The van der Waals surface area contributed by atoms with Crippen molar-refractivity contribution in [1.82, 2.24) is 0 Å². The first-order chi connectivity index (χ1) is 35.8. The van der Waals surface area contributed by atoms with Gasteiger partial charge in [0.2, 0.25) is 12.6 Å². The Balaban J connectivity index is 1.19. The van der Waals surface area contributed by atoms with Gasteiger partial charge in [-0.1, -0.05) is 24.3 Å². The molecule has 11 N–H and O–H groups in total. The summed E-state index contributed by atoms with van der Waals surface area (Å²) in [5, 5.41) is 115. The highest BCUT2D eigenvalue weighted by atomic mass is 16.8. The van der Waals surface area contributed by atoms with Crippen molar-refractivity contribution >= 4 is 23.9 Å². The second kappa shape index (κ2) is 26.7. The highest BCUT2D eigenvalue weighted by Gasteiger charge is 2.51. The van der Waals surface area contributed by atoms with E-state index in [2.05, 4.69) is 0 Å². The zero-order valence-corrected chi connectivity index (χ0v) is 41.0. The van der Waals surface area contributed by atoms with Gasteiger partial charge in [-0.2, -0.15) is 0 Å². The van der Waals surface area contributed by atoms with Crippen molar-refractivity contribution in [3.63, 3.8) is 0 Å². The summed E-state index contributed by atoms with van der Waals surface area (Å²) in [4.78, 5) is 53.8. The Hall–Kier alpha value is -5.18. The molecule has 418 valence electrons. The van der Waals surface area contributed by atoms with Crippen molar-refractivity contribution < 1.29 is 132 Å². The van der Waals surface area contributed by atoms with Crippen LogP contribution in [-0.2, 0) is 82.4 Å². The van der Waals surface area contributed by atoms with Crippen LogP contribution >= 0.6 is 0 Å². The molecule has 75 heavy (non-hydrogen) atoms. The highest BCUT2D eigenvalue weighted by Crippen LogP contribution is 2.39. The monoisotopic (exact) mass is 1070 g/mol. The molecule has 5 heterocycles. The van der Waals surface area contributed by atoms with Crippen LogP contribution in [0.2, 0.25) is 0 Å². The summed E-state index contributed by atoms with van der Waals surface area (Å²) in [7, 11) is 2.13. The predicted molar refractivity (Wildman–Crippen MR) is 243 cm³/mol. The van der Waals surface area contributed by atoms with E-state index in [0.717, 1.165) is 26.7 Å². The van der Waals surface area contributed by atoms with Gasteiger partial charge in [0.15, 0.2) is 25.0 Å². The minimum absolute atomic E-state index is 0.00706. The summed E-state index contributed by atoms with van der Waals surface area (Å²) in [5.74, 6) is -6.53. The topological polar surface area (TPSA) is 402 Å². The zero-order chi connectivity index (χ0) is 54.8. The van der Waals surface area contributed by atoms with Crippen LogP contribution in [0.1, 0.15) is 32.3 Å². The number of phenols is 1. The van der Waals surface area contributed by atoms with Gasteiger partial charge in [0.25, 0.3) is 0 Å². The van der Waals surface area contributed by atoms with Gasteiger partial charge in [-0.05, 0) is 38.0 Å². The Morgan fingerprint density at radius 3 is 1.51 bits per heavy atom. The van der Waals surface area contributed by atoms with Gasteiger partial charge in [0.05, 0.1) is 70.6 Å². The molecule has 5 aliphatic rings. The molecule has 0 aromatic heterocycles. The van der Waals surface area contributed by atoms with Crippen molar-refractivity contribution in [2.75, 3.05) is 40.6 Å². The van der Waals surface area contributed by atoms with E-state index >= 15 is 0 Å². The second-order valence-electron chi connectivity index (χ2n) is 17.8. The van der Waals surface area contributed by atoms with Crippen LogP contribution in [0.5, 0.6) is 5.75 Å². The van der Waals surface area contributed by atoms with Crippen LogP contribution < -0.4 is 0 Å². The van der Waals surface area contributed by atoms with Crippen LogP contribution in [0.15, 0.2) is 71.2 Å². The molecule has 0 amide bonds. The first-order valence-corrected chi connectivity index (χ1v) is 23.7. The number of benzene rings is 1. The number of phenolic OH excluding ortho intramolecular Hbond substituents is 1. The van der Waals surface area contributed by atoms with Gasteiger partial charge in [0, 0.05) is 23.0 Å². The average molecular weight is 1070 g/mol. The van der Waals surface area contributed by atoms with Crippen LogP contribution in [0.4, 0.5) is 0 Å². The largest absolute Gasteiger partial charge is 0.508 e.